The van der Waals surface area contributed by atoms with Crippen molar-refractivity contribution in [1.29, 1.82) is 0 Å². The van der Waals surface area contributed by atoms with Gasteiger partial charge in [-0.1, -0.05) is 0 Å². The molecule has 4 nitrogen and oxygen atoms in total. The normalized spacial score (nSPS) is 25.3. The number of amides is 1. The first-order valence-electron chi connectivity index (χ1n) is 5.50. The maximum Gasteiger partial charge on any atom is 0.225 e. The minimum atomic E-state index is 0.0231. The average Bonchev–Trinajstić information content (AvgIpc) is 2.18. The molecule has 1 rings (SSSR count). The number of nitrogens with one attached hydrogen (secondary N) is 1. The van der Waals surface area contributed by atoms with E-state index in [4.69, 9.17) is 4.74 Å². The molecule has 0 aromatic rings. The largest absolute Gasteiger partial charge is 0.384 e. The van der Waals surface area contributed by atoms with Crippen LogP contribution in [0.1, 0.15) is 27.2 Å². The number of nitrogens with zero attached hydrogens (tertiary/aromatic N) is 1. The summed E-state index contributed by atoms with van der Waals surface area (Å²) in [7, 11) is 1.62. The second-order valence-electron chi connectivity index (χ2n) is 4.88. The van der Waals surface area contributed by atoms with Crippen LogP contribution in [0.2, 0.25) is 0 Å². The SMILES string of the molecule is COCCC(=O)N1CC(C)(C)NCC1C. The second-order valence-corrected chi connectivity index (χ2v) is 4.88. The lowest BCUT2D eigenvalue weighted by Crippen LogP contribution is -2.62. The van der Waals surface area contributed by atoms with Gasteiger partial charge in [-0.3, -0.25) is 4.79 Å². The van der Waals surface area contributed by atoms with Crippen molar-refractivity contribution in [1.82, 2.24) is 10.2 Å². The zero-order valence-electron chi connectivity index (χ0n) is 10.2. The molecule has 1 heterocycles. The van der Waals surface area contributed by atoms with E-state index in [2.05, 4.69) is 26.1 Å². The van der Waals surface area contributed by atoms with Crippen LogP contribution in [0.25, 0.3) is 0 Å². The zero-order chi connectivity index (χ0) is 11.5. The quantitative estimate of drug-likeness (QED) is 0.749. The number of piperazine rings is 1. The molecule has 1 amide bonds. The molecule has 1 N–H and O–H groups in total. The number of hydrogen-bond acceptors (Lipinski definition) is 3. The van der Waals surface area contributed by atoms with Gasteiger partial charge in [0, 0.05) is 31.8 Å². The van der Waals surface area contributed by atoms with Gasteiger partial charge < -0.3 is 15.0 Å². The molecule has 0 spiro atoms. The molecule has 0 aromatic heterocycles. The van der Waals surface area contributed by atoms with E-state index in [1.54, 1.807) is 7.11 Å². The third-order valence-corrected chi connectivity index (χ3v) is 2.81. The van der Waals surface area contributed by atoms with E-state index in [9.17, 15) is 4.79 Å². The van der Waals surface area contributed by atoms with Gasteiger partial charge in [-0.05, 0) is 20.8 Å². The van der Waals surface area contributed by atoms with E-state index in [1.165, 1.54) is 0 Å². The molecule has 15 heavy (non-hydrogen) atoms. The Morgan fingerprint density at radius 1 is 1.60 bits per heavy atom. The Bertz CT molecular complexity index is 229. The number of ether oxygens (including phenoxy) is 1. The van der Waals surface area contributed by atoms with Crippen molar-refractivity contribution < 1.29 is 9.53 Å². The van der Waals surface area contributed by atoms with Crippen molar-refractivity contribution in [2.24, 2.45) is 0 Å². The maximum atomic E-state index is 11.9. The summed E-state index contributed by atoms with van der Waals surface area (Å²) in [5.74, 6) is 0.193. The van der Waals surface area contributed by atoms with E-state index in [0.717, 1.165) is 13.1 Å². The van der Waals surface area contributed by atoms with Crippen LogP contribution in [0.3, 0.4) is 0 Å². The minimum absolute atomic E-state index is 0.0231. The molecule has 1 saturated heterocycles. The minimum Gasteiger partial charge on any atom is -0.384 e. The Morgan fingerprint density at radius 3 is 2.87 bits per heavy atom. The van der Waals surface area contributed by atoms with Crippen LogP contribution in [-0.4, -0.2) is 49.2 Å². The molecule has 1 atom stereocenters. The molecule has 88 valence electrons. The van der Waals surface area contributed by atoms with Gasteiger partial charge in [0.25, 0.3) is 0 Å². The highest BCUT2D eigenvalue weighted by Gasteiger charge is 2.32. The van der Waals surface area contributed by atoms with Crippen molar-refractivity contribution in [2.75, 3.05) is 26.8 Å². The highest BCUT2D eigenvalue weighted by Crippen LogP contribution is 2.15. The van der Waals surface area contributed by atoms with Crippen LogP contribution in [0, 0.1) is 0 Å². The number of methoxy groups -OCH3 is 1. The van der Waals surface area contributed by atoms with Crippen molar-refractivity contribution >= 4 is 5.91 Å². The highest BCUT2D eigenvalue weighted by atomic mass is 16.5. The molecule has 0 saturated carbocycles. The third kappa shape index (κ3) is 3.47. The lowest BCUT2D eigenvalue weighted by molar-refractivity contribution is -0.136. The van der Waals surface area contributed by atoms with Crippen LogP contribution >= 0.6 is 0 Å². The van der Waals surface area contributed by atoms with Gasteiger partial charge in [0.2, 0.25) is 5.91 Å². The smallest absolute Gasteiger partial charge is 0.225 e. The Balaban J connectivity index is 2.54. The van der Waals surface area contributed by atoms with Gasteiger partial charge >= 0.3 is 0 Å². The Morgan fingerprint density at radius 2 is 2.27 bits per heavy atom. The summed E-state index contributed by atoms with van der Waals surface area (Å²) in [6.07, 6.45) is 0.483. The average molecular weight is 214 g/mol. The van der Waals surface area contributed by atoms with Crippen LogP contribution in [0.4, 0.5) is 0 Å². The molecular formula is C11H22N2O2. The molecule has 1 aliphatic rings. The van der Waals surface area contributed by atoms with Crippen molar-refractivity contribution in [3.05, 3.63) is 0 Å². The van der Waals surface area contributed by atoms with Crippen LogP contribution < -0.4 is 5.32 Å². The number of rotatable bonds is 3. The van der Waals surface area contributed by atoms with E-state index < -0.39 is 0 Å². The summed E-state index contributed by atoms with van der Waals surface area (Å²) in [6, 6.07) is 0.280. The van der Waals surface area contributed by atoms with Gasteiger partial charge in [0.1, 0.15) is 0 Å². The second kappa shape index (κ2) is 4.94. The van der Waals surface area contributed by atoms with Crippen molar-refractivity contribution in [2.45, 2.75) is 38.8 Å². The maximum absolute atomic E-state index is 11.9. The summed E-state index contributed by atoms with van der Waals surface area (Å²) in [5, 5.41) is 3.42. The first-order chi connectivity index (χ1) is 6.96. The lowest BCUT2D eigenvalue weighted by Gasteiger charge is -2.43. The van der Waals surface area contributed by atoms with Gasteiger partial charge in [0.15, 0.2) is 0 Å². The fourth-order valence-electron chi connectivity index (χ4n) is 1.84. The Labute approximate surface area is 92.0 Å². The molecule has 4 heteroatoms. The molecule has 1 fully saturated rings. The summed E-state index contributed by atoms with van der Waals surface area (Å²) in [6.45, 7) is 8.47. The number of carbonyl (C=O) groups excluding carboxylic acids is 1. The first-order valence-corrected chi connectivity index (χ1v) is 5.50. The zero-order valence-corrected chi connectivity index (χ0v) is 10.2. The molecule has 0 aromatic carbocycles. The van der Waals surface area contributed by atoms with E-state index in [1.807, 2.05) is 4.90 Å². The molecule has 0 aliphatic carbocycles. The summed E-state index contributed by atoms with van der Waals surface area (Å²) in [5.41, 5.74) is 0.0231. The van der Waals surface area contributed by atoms with E-state index in [-0.39, 0.29) is 17.5 Å². The molecule has 0 bridgehead atoms. The predicted molar refractivity (Wildman–Crippen MR) is 59.7 cm³/mol. The van der Waals surface area contributed by atoms with Crippen molar-refractivity contribution in [3.63, 3.8) is 0 Å². The van der Waals surface area contributed by atoms with Crippen molar-refractivity contribution in [3.8, 4) is 0 Å². The monoisotopic (exact) mass is 214 g/mol. The Kier molecular flexibility index (Phi) is 4.11. The van der Waals surface area contributed by atoms with Crippen LogP contribution in [0.5, 0.6) is 0 Å². The van der Waals surface area contributed by atoms with Crippen LogP contribution in [-0.2, 0) is 9.53 Å². The van der Waals surface area contributed by atoms with Gasteiger partial charge in [-0.15, -0.1) is 0 Å². The van der Waals surface area contributed by atoms with Gasteiger partial charge in [-0.2, -0.15) is 0 Å². The lowest BCUT2D eigenvalue weighted by atomic mass is 9.99. The number of carbonyl (C=O) groups is 1. The highest BCUT2D eigenvalue weighted by molar-refractivity contribution is 5.76. The molecule has 1 unspecified atom stereocenters. The van der Waals surface area contributed by atoms with Crippen LogP contribution in [0.15, 0.2) is 0 Å². The predicted octanol–water partition coefficient (Wildman–Crippen LogP) is 0.622. The molecule has 1 aliphatic heterocycles. The van der Waals surface area contributed by atoms with Gasteiger partial charge in [0.05, 0.1) is 13.0 Å². The molecular weight excluding hydrogens is 192 g/mol. The topological polar surface area (TPSA) is 41.6 Å². The third-order valence-electron chi connectivity index (χ3n) is 2.81. The Hall–Kier alpha value is -0.610. The summed E-state index contributed by atoms with van der Waals surface area (Å²) in [4.78, 5) is 13.8. The molecule has 0 radical (unpaired) electrons. The fraction of sp³-hybridized carbons (Fsp3) is 0.909. The van der Waals surface area contributed by atoms with E-state index in [0.29, 0.717) is 13.0 Å². The first kappa shape index (κ1) is 12.5. The number of hydrogen-bond donors (Lipinski definition) is 1. The van der Waals surface area contributed by atoms with Gasteiger partial charge in [-0.25, -0.2) is 0 Å². The van der Waals surface area contributed by atoms with E-state index >= 15 is 0 Å². The summed E-state index contributed by atoms with van der Waals surface area (Å²) >= 11 is 0. The summed E-state index contributed by atoms with van der Waals surface area (Å²) < 4.78 is 4.93. The standard InChI is InChI=1S/C11H22N2O2/c1-9-7-12-11(2,3)8-13(9)10(14)5-6-15-4/h9,12H,5-8H2,1-4H3. The fourth-order valence-corrected chi connectivity index (χ4v) is 1.84.